The molecule has 0 saturated carbocycles. The van der Waals surface area contributed by atoms with E-state index in [-0.39, 0.29) is 48.8 Å². The highest BCUT2D eigenvalue weighted by Gasteiger charge is 2.40. The highest BCUT2D eigenvalue weighted by molar-refractivity contribution is 5.86. The van der Waals surface area contributed by atoms with Crippen LogP contribution in [0.4, 0.5) is 22.7 Å². The number of hydrogen-bond acceptors (Lipinski definition) is 12. The number of anilines is 4. The molecule has 1 aromatic rings. The quantitative estimate of drug-likeness (QED) is 0.193. The van der Waals surface area contributed by atoms with Crippen molar-refractivity contribution in [3.8, 4) is 0 Å². The zero-order valence-corrected chi connectivity index (χ0v) is 24.1. The summed E-state index contributed by atoms with van der Waals surface area (Å²) < 4.78 is 46.1. The molecule has 8 aliphatic rings. The van der Waals surface area contributed by atoms with Crippen LogP contribution < -0.4 is 19.6 Å². The van der Waals surface area contributed by atoms with Crippen LogP contribution in [0.2, 0.25) is 0 Å². The second kappa shape index (κ2) is 10.9. The molecule has 0 amide bonds. The van der Waals surface area contributed by atoms with Crippen LogP contribution in [-0.4, -0.2) is 154 Å². The van der Waals surface area contributed by atoms with Crippen LogP contribution in [0.25, 0.3) is 0 Å². The molecule has 42 heavy (non-hydrogen) atoms. The summed E-state index contributed by atoms with van der Waals surface area (Å²) in [5, 5.41) is 0. The topological polar surface area (TPSA) is 113 Å². The van der Waals surface area contributed by atoms with Gasteiger partial charge in [-0.25, -0.2) is 0 Å². The van der Waals surface area contributed by atoms with E-state index in [0.29, 0.717) is 0 Å². The molecule has 0 bridgehead atoms. The summed E-state index contributed by atoms with van der Waals surface area (Å²) in [5.41, 5.74) is 4.91. The SMILES string of the molecule is c1c(N(CC2CO2)CC2CO2)c(N(CC2CO2)CC2CO2)cc(N(CC2CO2)CC2CO2)c1N(CC1CO1)CC1CO1. The molecule has 0 spiro atoms. The van der Waals surface area contributed by atoms with Gasteiger partial charge in [-0.05, 0) is 12.1 Å². The molecule has 230 valence electrons. The molecule has 8 unspecified atom stereocenters. The lowest BCUT2D eigenvalue weighted by molar-refractivity contribution is 0.385. The van der Waals surface area contributed by atoms with E-state index >= 15 is 0 Å². The number of hydrogen-bond donors (Lipinski definition) is 0. The number of ether oxygens (including phenoxy) is 8. The fourth-order valence-electron chi connectivity index (χ4n) is 6.01. The Kier molecular flexibility index (Phi) is 6.89. The summed E-state index contributed by atoms with van der Waals surface area (Å²) in [7, 11) is 0. The molecule has 12 nitrogen and oxygen atoms in total. The van der Waals surface area contributed by atoms with Crippen LogP contribution in [0.1, 0.15) is 0 Å². The predicted molar refractivity (Wildman–Crippen MR) is 153 cm³/mol. The maximum atomic E-state index is 5.76. The lowest BCUT2D eigenvalue weighted by atomic mass is 10.1. The molecule has 8 atom stereocenters. The molecule has 0 radical (unpaired) electrons. The Bertz CT molecular complexity index is 902. The average molecular weight is 587 g/mol. The Balaban J connectivity index is 1.16. The maximum Gasteiger partial charge on any atom is 0.0984 e. The molecular weight excluding hydrogens is 544 g/mol. The summed E-state index contributed by atoms with van der Waals surface area (Å²) in [6, 6.07) is 4.87. The molecule has 8 fully saturated rings. The van der Waals surface area contributed by atoms with E-state index in [0.717, 1.165) is 105 Å². The zero-order valence-electron chi connectivity index (χ0n) is 24.1. The Morgan fingerprint density at radius 3 is 0.595 bits per heavy atom. The molecule has 0 aliphatic carbocycles. The fraction of sp³-hybridized carbons (Fsp3) is 0.800. The largest absolute Gasteiger partial charge is 0.371 e. The van der Waals surface area contributed by atoms with E-state index in [2.05, 4.69) is 31.7 Å². The monoisotopic (exact) mass is 586 g/mol. The number of rotatable bonds is 20. The van der Waals surface area contributed by atoms with E-state index in [1.807, 2.05) is 0 Å². The van der Waals surface area contributed by atoms with Crippen molar-refractivity contribution in [2.75, 3.05) is 125 Å². The van der Waals surface area contributed by atoms with Gasteiger partial charge in [0.15, 0.2) is 0 Å². The van der Waals surface area contributed by atoms with Crippen LogP contribution in [0.3, 0.4) is 0 Å². The standard InChI is InChI=1S/C30H42N4O8/c1-27(31(3-19-11-35-19)4-20-12-36-20)29(33(7-23-15-39-23)8-24-16-40-24)2-30(34(9-25-17-41-25)10-26-18-42-26)28(1)32(5-21-13-37-21)6-22-14-38-22/h1-2,19-26H,3-18H2. The number of nitrogens with zero attached hydrogens (tertiary/aromatic N) is 4. The van der Waals surface area contributed by atoms with Crippen molar-refractivity contribution in [2.45, 2.75) is 48.8 Å². The average Bonchev–Trinajstić information content (AvgIpc) is 3.77. The summed E-state index contributed by atoms with van der Waals surface area (Å²) in [6.07, 6.45) is 2.10. The van der Waals surface area contributed by atoms with Crippen molar-refractivity contribution in [3.05, 3.63) is 12.1 Å². The minimum atomic E-state index is 0.262. The molecule has 9 rings (SSSR count). The minimum absolute atomic E-state index is 0.262. The first kappa shape index (κ1) is 26.5. The van der Waals surface area contributed by atoms with Crippen LogP contribution in [-0.2, 0) is 37.9 Å². The zero-order chi connectivity index (χ0) is 27.6. The summed E-state index contributed by atoms with van der Waals surface area (Å²) >= 11 is 0. The molecule has 1 aromatic carbocycles. The minimum Gasteiger partial charge on any atom is -0.371 e. The smallest absolute Gasteiger partial charge is 0.0984 e. The summed E-state index contributed by atoms with van der Waals surface area (Å²) in [6.45, 7) is 13.4. The molecule has 12 heteroatoms. The molecule has 8 heterocycles. The normalized spacial score (nSPS) is 35.8. The Morgan fingerprint density at radius 2 is 0.476 bits per heavy atom. The van der Waals surface area contributed by atoms with Gasteiger partial charge in [0, 0.05) is 52.4 Å². The van der Waals surface area contributed by atoms with Crippen LogP contribution in [0, 0.1) is 0 Å². The maximum absolute atomic E-state index is 5.76. The highest BCUT2D eigenvalue weighted by Crippen LogP contribution is 2.44. The van der Waals surface area contributed by atoms with E-state index in [9.17, 15) is 0 Å². The molecule has 0 N–H and O–H groups in total. The second-order valence-electron chi connectivity index (χ2n) is 13.1. The van der Waals surface area contributed by atoms with Gasteiger partial charge in [-0.1, -0.05) is 0 Å². The van der Waals surface area contributed by atoms with Crippen LogP contribution >= 0.6 is 0 Å². The Hall–Kier alpha value is -1.90. The fourth-order valence-corrected chi connectivity index (χ4v) is 6.01. The second-order valence-corrected chi connectivity index (χ2v) is 13.1. The Morgan fingerprint density at radius 1 is 0.333 bits per heavy atom. The number of epoxide rings is 8. The van der Waals surface area contributed by atoms with Gasteiger partial charge < -0.3 is 57.5 Å². The lowest BCUT2D eigenvalue weighted by Crippen LogP contribution is -2.39. The van der Waals surface area contributed by atoms with Gasteiger partial charge in [0.05, 0.1) is 124 Å². The lowest BCUT2D eigenvalue weighted by Gasteiger charge is -2.37. The van der Waals surface area contributed by atoms with Crippen molar-refractivity contribution in [1.29, 1.82) is 0 Å². The van der Waals surface area contributed by atoms with Crippen molar-refractivity contribution in [1.82, 2.24) is 0 Å². The third kappa shape index (κ3) is 7.07. The molecule has 8 aliphatic heterocycles. The molecule has 8 saturated heterocycles. The van der Waals surface area contributed by atoms with E-state index < -0.39 is 0 Å². The molecular formula is C30H42N4O8. The Labute approximate surface area is 246 Å². The van der Waals surface area contributed by atoms with Gasteiger partial charge in [-0.15, -0.1) is 0 Å². The van der Waals surface area contributed by atoms with Crippen molar-refractivity contribution in [2.24, 2.45) is 0 Å². The van der Waals surface area contributed by atoms with Crippen LogP contribution in [0.15, 0.2) is 12.1 Å². The third-order valence-corrected chi connectivity index (χ3v) is 9.05. The highest BCUT2D eigenvalue weighted by atomic mass is 16.6. The number of benzene rings is 1. The van der Waals surface area contributed by atoms with Gasteiger partial charge in [0.25, 0.3) is 0 Å². The first-order valence-corrected chi connectivity index (χ1v) is 15.8. The van der Waals surface area contributed by atoms with Crippen molar-refractivity contribution >= 4 is 22.7 Å². The van der Waals surface area contributed by atoms with E-state index in [1.54, 1.807) is 0 Å². The van der Waals surface area contributed by atoms with Crippen LogP contribution in [0.5, 0.6) is 0 Å². The van der Waals surface area contributed by atoms with E-state index in [1.165, 1.54) is 22.7 Å². The van der Waals surface area contributed by atoms with Crippen molar-refractivity contribution in [3.63, 3.8) is 0 Å². The molecule has 0 aromatic heterocycles. The van der Waals surface area contributed by atoms with E-state index in [4.69, 9.17) is 37.9 Å². The van der Waals surface area contributed by atoms with Crippen molar-refractivity contribution < 1.29 is 37.9 Å². The predicted octanol–water partition coefficient (Wildman–Crippen LogP) is 0.103. The van der Waals surface area contributed by atoms with Gasteiger partial charge in [-0.3, -0.25) is 0 Å². The van der Waals surface area contributed by atoms with Gasteiger partial charge in [0.1, 0.15) is 0 Å². The van der Waals surface area contributed by atoms with Gasteiger partial charge in [0.2, 0.25) is 0 Å². The summed E-state index contributed by atoms with van der Waals surface area (Å²) in [4.78, 5) is 10.0. The third-order valence-electron chi connectivity index (χ3n) is 9.05. The summed E-state index contributed by atoms with van der Waals surface area (Å²) in [5.74, 6) is 0. The first-order valence-electron chi connectivity index (χ1n) is 15.8. The first-order chi connectivity index (χ1) is 20.7. The van der Waals surface area contributed by atoms with Gasteiger partial charge in [-0.2, -0.15) is 0 Å². The van der Waals surface area contributed by atoms with Gasteiger partial charge >= 0.3 is 0 Å².